The number of benzene rings is 1. The number of aliphatic hydroxyl groups is 2. The highest BCUT2D eigenvalue weighted by molar-refractivity contribution is 5.70. The molecule has 1 aromatic rings. The van der Waals surface area contributed by atoms with Crippen molar-refractivity contribution in [3.8, 4) is 0 Å². The van der Waals surface area contributed by atoms with Crippen LogP contribution < -0.4 is 0 Å². The van der Waals surface area contributed by atoms with Crippen molar-refractivity contribution in [1.29, 1.82) is 0 Å². The largest absolute Gasteiger partial charge is 0.481 e. The van der Waals surface area contributed by atoms with E-state index in [1.165, 1.54) is 12.1 Å². The number of rotatable bonds is 4. The highest BCUT2D eigenvalue weighted by Crippen LogP contribution is 2.21. The van der Waals surface area contributed by atoms with E-state index in [1.807, 2.05) is 0 Å². The summed E-state index contributed by atoms with van der Waals surface area (Å²) in [7, 11) is 0. The molecular formula is C11H14O4. The van der Waals surface area contributed by atoms with E-state index in [-0.39, 0.29) is 12.8 Å². The Bertz CT molecular complexity index is 340. The molecule has 0 atom stereocenters. The first-order chi connectivity index (χ1) is 6.95. The summed E-state index contributed by atoms with van der Waals surface area (Å²) >= 11 is 0. The lowest BCUT2D eigenvalue weighted by Gasteiger charge is -2.20. The highest BCUT2D eigenvalue weighted by atomic mass is 16.5. The average Bonchev–Trinajstić information content (AvgIpc) is 2.18. The van der Waals surface area contributed by atoms with Gasteiger partial charge in [0, 0.05) is 12.0 Å². The van der Waals surface area contributed by atoms with Crippen LogP contribution in [0, 0.1) is 0 Å². The first-order valence-corrected chi connectivity index (χ1v) is 4.71. The van der Waals surface area contributed by atoms with E-state index in [4.69, 9.17) is 5.11 Å². The zero-order valence-corrected chi connectivity index (χ0v) is 8.47. The molecule has 0 radical (unpaired) electrons. The molecule has 4 nitrogen and oxygen atoms in total. The third-order valence-electron chi connectivity index (χ3n) is 2.26. The van der Waals surface area contributed by atoms with Gasteiger partial charge in [0.1, 0.15) is 0 Å². The van der Waals surface area contributed by atoms with Crippen molar-refractivity contribution < 1.29 is 20.1 Å². The molecule has 0 heterocycles. The lowest BCUT2D eigenvalue weighted by Crippen LogP contribution is -2.23. The number of carbonyl (C=O) groups is 1. The summed E-state index contributed by atoms with van der Waals surface area (Å²) in [5.74, 6) is -2.74. The van der Waals surface area contributed by atoms with Gasteiger partial charge in [0.05, 0.1) is 6.42 Å². The Balaban J connectivity index is 2.85. The Morgan fingerprint density at radius 3 is 2.20 bits per heavy atom. The molecule has 1 rings (SSSR count). The molecule has 0 saturated heterocycles. The quantitative estimate of drug-likeness (QED) is 0.644. The summed E-state index contributed by atoms with van der Waals surface area (Å²) in [4.78, 5) is 10.4. The van der Waals surface area contributed by atoms with Gasteiger partial charge in [-0.25, -0.2) is 0 Å². The SMILES string of the molecule is CCC(O)(O)c1ccc(CC(=O)O)cc1. The van der Waals surface area contributed by atoms with Gasteiger partial charge in [-0.1, -0.05) is 31.2 Å². The highest BCUT2D eigenvalue weighted by Gasteiger charge is 2.22. The van der Waals surface area contributed by atoms with Gasteiger partial charge in [0.2, 0.25) is 0 Å². The molecule has 0 amide bonds. The number of hydrogen-bond donors (Lipinski definition) is 3. The minimum absolute atomic E-state index is 0.0593. The minimum atomic E-state index is -1.83. The Morgan fingerprint density at radius 2 is 1.80 bits per heavy atom. The molecule has 0 aliphatic carbocycles. The number of carboxylic acid groups (broad SMARTS) is 1. The predicted octanol–water partition coefficient (Wildman–Crippen LogP) is 0.861. The normalized spacial score (nSPS) is 11.4. The molecule has 1 aromatic carbocycles. The molecule has 0 unspecified atom stereocenters. The van der Waals surface area contributed by atoms with Crippen molar-refractivity contribution in [1.82, 2.24) is 0 Å². The fraction of sp³-hybridized carbons (Fsp3) is 0.364. The van der Waals surface area contributed by atoms with Gasteiger partial charge in [-0.3, -0.25) is 4.79 Å². The predicted molar refractivity (Wildman–Crippen MR) is 54.2 cm³/mol. The van der Waals surface area contributed by atoms with Gasteiger partial charge >= 0.3 is 5.97 Å². The fourth-order valence-corrected chi connectivity index (χ4v) is 1.27. The zero-order valence-electron chi connectivity index (χ0n) is 8.47. The van der Waals surface area contributed by atoms with Gasteiger partial charge in [0.25, 0.3) is 0 Å². The third-order valence-corrected chi connectivity index (χ3v) is 2.26. The molecule has 3 N–H and O–H groups in total. The topological polar surface area (TPSA) is 77.8 Å². The molecular weight excluding hydrogens is 196 g/mol. The molecule has 0 bridgehead atoms. The van der Waals surface area contributed by atoms with Crippen molar-refractivity contribution >= 4 is 5.97 Å². The smallest absolute Gasteiger partial charge is 0.307 e. The van der Waals surface area contributed by atoms with Crippen LogP contribution in [-0.4, -0.2) is 21.3 Å². The van der Waals surface area contributed by atoms with E-state index in [0.717, 1.165) is 0 Å². The summed E-state index contributed by atoms with van der Waals surface area (Å²) in [6.07, 6.45) is 0.127. The van der Waals surface area contributed by atoms with E-state index >= 15 is 0 Å². The van der Waals surface area contributed by atoms with Crippen LogP contribution in [0.3, 0.4) is 0 Å². The van der Waals surface area contributed by atoms with Gasteiger partial charge in [-0.2, -0.15) is 0 Å². The van der Waals surface area contributed by atoms with Crippen LogP contribution in [0.1, 0.15) is 24.5 Å². The Hall–Kier alpha value is -1.39. The van der Waals surface area contributed by atoms with E-state index in [0.29, 0.717) is 11.1 Å². The lowest BCUT2D eigenvalue weighted by molar-refractivity contribution is -0.171. The zero-order chi connectivity index (χ0) is 11.5. The number of carboxylic acids is 1. The van der Waals surface area contributed by atoms with Crippen LogP contribution in [0.4, 0.5) is 0 Å². The van der Waals surface area contributed by atoms with Crippen LogP contribution in [0.15, 0.2) is 24.3 Å². The molecule has 0 fully saturated rings. The molecule has 82 valence electrons. The van der Waals surface area contributed by atoms with Crippen molar-refractivity contribution in [3.05, 3.63) is 35.4 Å². The second kappa shape index (κ2) is 4.42. The van der Waals surface area contributed by atoms with Crippen molar-refractivity contribution in [2.45, 2.75) is 25.6 Å². The van der Waals surface area contributed by atoms with Crippen molar-refractivity contribution in [3.63, 3.8) is 0 Å². The van der Waals surface area contributed by atoms with Gasteiger partial charge in [-0.05, 0) is 5.56 Å². The number of hydrogen-bond acceptors (Lipinski definition) is 3. The molecule has 0 saturated carbocycles. The number of aliphatic carboxylic acids is 1. The molecule has 0 aromatic heterocycles. The maximum atomic E-state index is 10.4. The third kappa shape index (κ3) is 3.04. The van der Waals surface area contributed by atoms with Crippen LogP contribution in [0.25, 0.3) is 0 Å². The summed E-state index contributed by atoms with van der Waals surface area (Å²) in [6.45, 7) is 1.66. The summed E-state index contributed by atoms with van der Waals surface area (Å²) < 4.78 is 0. The Morgan fingerprint density at radius 1 is 1.27 bits per heavy atom. The van der Waals surface area contributed by atoms with E-state index in [1.54, 1.807) is 19.1 Å². The van der Waals surface area contributed by atoms with Crippen molar-refractivity contribution in [2.24, 2.45) is 0 Å². The maximum Gasteiger partial charge on any atom is 0.307 e. The second-order valence-electron chi connectivity index (χ2n) is 3.44. The first kappa shape index (κ1) is 11.7. The van der Waals surface area contributed by atoms with E-state index < -0.39 is 11.8 Å². The summed E-state index contributed by atoms with van der Waals surface area (Å²) in [5.41, 5.74) is 1.01. The van der Waals surface area contributed by atoms with E-state index in [9.17, 15) is 15.0 Å². The first-order valence-electron chi connectivity index (χ1n) is 4.71. The molecule has 0 aliphatic rings. The minimum Gasteiger partial charge on any atom is -0.481 e. The maximum absolute atomic E-state index is 10.4. The molecule has 15 heavy (non-hydrogen) atoms. The van der Waals surface area contributed by atoms with Crippen molar-refractivity contribution in [2.75, 3.05) is 0 Å². The van der Waals surface area contributed by atoms with Gasteiger partial charge in [0.15, 0.2) is 5.79 Å². The standard InChI is InChI=1S/C11H14O4/c1-2-11(14,15)9-5-3-8(4-6-9)7-10(12)13/h3-6,14-15H,2,7H2,1H3,(H,12,13). The van der Waals surface area contributed by atoms with Crippen LogP contribution >= 0.6 is 0 Å². The Kier molecular flexibility index (Phi) is 3.44. The monoisotopic (exact) mass is 210 g/mol. The van der Waals surface area contributed by atoms with Gasteiger partial charge < -0.3 is 15.3 Å². The van der Waals surface area contributed by atoms with Crippen LogP contribution in [0.2, 0.25) is 0 Å². The fourth-order valence-electron chi connectivity index (χ4n) is 1.27. The average molecular weight is 210 g/mol. The Labute approximate surface area is 87.8 Å². The lowest BCUT2D eigenvalue weighted by atomic mass is 10.0. The molecule has 0 spiro atoms. The molecule has 4 heteroatoms. The van der Waals surface area contributed by atoms with Gasteiger partial charge in [-0.15, -0.1) is 0 Å². The van der Waals surface area contributed by atoms with E-state index in [2.05, 4.69) is 0 Å². The second-order valence-corrected chi connectivity index (χ2v) is 3.44. The summed E-state index contributed by atoms with van der Waals surface area (Å²) in [5, 5.41) is 27.6. The molecule has 0 aliphatic heterocycles. The van der Waals surface area contributed by atoms with Crippen LogP contribution in [-0.2, 0) is 17.0 Å². The van der Waals surface area contributed by atoms with Crippen LogP contribution in [0.5, 0.6) is 0 Å². The summed E-state index contributed by atoms with van der Waals surface area (Å²) in [6, 6.07) is 6.23.